The third-order valence-corrected chi connectivity index (χ3v) is 7.73. The van der Waals surface area contributed by atoms with E-state index in [0.717, 1.165) is 61.8 Å². The number of nitrogens with zero attached hydrogens (tertiary/aromatic N) is 2. The summed E-state index contributed by atoms with van der Waals surface area (Å²) in [6, 6.07) is 20.6. The number of hydrogen-bond donors (Lipinski definition) is 3. The van der Waals surface area contributed by atoms with Crippen molar-refractivity contribution in [3.05, 3.63) is 66.0 Å². The minimum atomic E-state index is 0. The number of rotatable bonds is 5. The van der Waals surface area contributed by atoms with Crippen molar-refractivity contribution in [2.45, 2.75) is 69.9 Å². The van der Waals surface area contributed by atoms with Crippen molar-refractivity contribution in [3.63, 3.8) is 0 Å². The van der Waals surface area contributed by atoms with E-state index in [1.165, 1.54) is 57.1 Å². The number of benzene rings is 2. The third-order valence-electron chi connectivity index (χ3n) is 7.73. The van der Waals surface area contributed by atoms with E-state index in [9.17, 15) is 0 Å². The summed E-state index contributed by atoms with van der Waals surface area (Å²) in [7, 11) is 0. The first-order chi connectivity index (χ1) is 17.7. The Morgan fingerprint density at radius 1 is 0.923 bits per heavy atom. The zero-order valence-electron chi connectivity index (χ0n) is 23.5. The fraction of sp³-hybridized carbons (Fsp3) is 0.567. The number of nitrogens with two attached hydrogens (primary N) is 1. The zero-order valence-corrected chi connectivity index (χ0v) is 24.5. The highest BCUT2D eigenvalue weighted by molar-refractivity contribution is 7.59. The van der Waals surface area contributed by atoms with Gasteiger partial charge in [0.2, 0.25) is 0 Å². The van der Waals surface area contributed by atoms with Crippen LogP contribution in [0, 0.1) is 6.92 Å². The van der Waals surface area contributed by atoms with Gasteiger partial charge in [-0.1, -0.05) is 55.3 Å². The van der Waals surface area contributed by atoms with Crippen molar-refractivity contribution in [2.75, 3.05) is 39.4 Å². The molecule has 3 aromatic rings. The van der Waals surface area contributed by atoms with Crippen LogP contribution in [-0.4, -0.2) is 77.3 Å². The fourth-order valence-corrected chi connectivity index (χ4v) is 5.84. The van der Waals surface area contributed by atoms with Crippen LogP contribution in [0.3, 0.4) is 0 Å². The average Bonchev–Trinajstić information content (AvgIpc) is 3.31. The van der Waals surface area contributed by atoms with E-state index in [0.29, 0.717) is 5.92 Å². The predicted molar refractivity (Wildman–Crippen MR) is 167 cm³/mol. The SMILES string of the molecule is C1COCCN1.Cc1nc2ccccc2[nH]1.NCC(CCN1C2CCCC1CCC2)c1ccccc1.O.O.S. The summed E-state index contributed by atoms with van der Waals surface area (Å²) in [5, 5.41) is 3.16. The van der Waals surface area contributed by atoms with Crippen molar-refractivity contribution >= 4 is 24.5 Å². The van der Waals surface area contributed by atoms with Crippen molar-refractivity contribution < 1.29 is 15.7 Å². The normalized spacial score (nSPS) is 20.9. The molecule has 0 aliphatic carbocycles. The highest BCUT2D eigenvalue weighted by atomic mass is 32.1. The molecule has 1 aromatic heterocycles. The molecule has 3 aliphatic rings. The van der Waals surface area contributed by atoms with Gasteiger partial charge in [0.05, 0.1) is 24.2 Å². The maximum absolute atomic E-state index is 6.02. The van der Waals surface area contributed by atoms with Crippen LogP contribution >= 0.6 is 13.5 Å². The molecule has 0 saturated carbocycles. The third kappa shape index (κ3) is 10.8. The molecular weight excluding hydrogens is 510 g/mol. The van der Waals surface area contributed by atoms with E-state index in [4.69, 9.17) is 10.5 Å². The average molecular weight is 562 g/mol. The molecule has 2 bridgehead atoms. The summed E-state index contributed by atoms with van der Waals surface area (Å²) in [5.41, 5.74) is 9.58. The molecule has 1 unspecified atom stereocenters. The molecule has 3 fully saturated rings. The Morgan fingerprint density at radius 3 is 2.03 bits per heavy atom. The number of aryl methyl sites for hydroxylation is 1. The van der Waals surface area contributed by atoms with Gasteiger partial charge in [0.25, 0.3) is 0 Å². The monoisotopic (exact) mass is 561 g/mol. The second-order valence-corrected chi connectivity index (χ2v) is 10.2. The van der Waals surface area contributed by atoms with E-state index in [-0.39, 0.29) is 24.4 Å². The Bertz CT molecular complexity index is 952. The summed E-state index contributed by atoms with van der Waals surface area (Å²) >= 11 is 0. The number of aromatic amines is 1. The van der Waals surface area contributed by atoms with Crippen molar-refractivity contribution in [3.8, 4) is 0 Å². The smallest absolute Gasteiger partial charge is 0.104 e. The van der Waals surface area contributed by atoms with Gasteiger partial charge in [-0.05, 0) is 75.7 Å². The van der Waals surface area contributed by atoms with Crippen LogP contribution in [0.25, 0.3) is 11.0 Å². The maximum Gasteiger partial charge on any atom is 0.104 e. The number of aromatic nitrogens is 2. The molecule has 39 heavy (non-hydrogen) atoms. The quantitative estimate of drug-likeness (QED) is 0.437. The summed E-state index contributed by atoms with van der Waals surface area (Å²) in [5.74, 6) is 1.50. The Kier molecular flexibility index (Phi) is 17.2. The first-order valence-electron chi connectivity index (χ1n) is 13.9. The Balaban J connectivity index is 0.000000335. The standard InChI is InChI=1S/C18H28N2.C8H8N2.C4H9NO.2H2O.H2S/c19-14-16(15-6-2-1-3-7-15)12-13-20-17-8-4-9-18(20)11-5-10-17;1-6-9-7-4-2-3-5-8(7)10-6;1-3-6-4-2-5-1;;;/h1-3,6-7,16-18H,4-5,8-14,19H2;2-5H,1H3,(H,9,10);5H,1-4H2;3*1H2. The first-order valence-corrected chi connectivity index (χ1v) is 13.9. The summed E-state index contributed by atoms with van der Waals surface area (Å²) in [6.45, 7) is 7.80. The minimum Gasteiger partial charge on any atom is -0.412 e. The number of para-hydroxylation sites is 2. The van der Waals surface area contributed by atoms with Gasteiger partial charge in [0.1, 0.15) is 5.82 Å². The molecule has 9 heteroatoms. The van der Waals surface area contributed by atoms with Crippen LogP contribution < -0.4 is 11.1 Å². The number of ether oxygens (including phenoxy) is 1. The number of H-pyrrole nitrogens is 1. The second-order valence-electron chi connectivity index (χ2n) is 10.2. The number of hydrogen-bond acceptors (Lipinski definition) is 5. The van der Waals surface area contributed by atoms with E-state index >= 15 is 0 Å². The van der Waals surface area contributed by atoms with Gasteiger partial charge >= 0.3 is 0 Å². The molecule has 8 N–H and O–H groups in total. The van der Waals surface area contributed by atoms with Crippen LogP contribution in [0.15, 0.2) is 54.6 Å². The van der Waals surface area contributed by atoms with E-state index < -0.39 is 0 Å². The predicted octanol–water partition coefficient (Wildman–Crippen LogP) is 3.47. The lowest BCUT2D eigenvalue weighted by atomic mass is 9.84. The Morgan fingerprint density at radius 2 is 1.51 bits per heavy atom. The van der Waals surface area contributed by atoms with Crippen LogP contribution in [0.2, 0.25) is 0 Å². The molecule has 0 radical (unpaired) electrons. The molecule has 3 aliphatic heterocycles. The van der Waals surface area contributed by atoms with Crippen molar-refractivity contribution in [2.24, 2.45) is 5.73 Å². The number of imidazole rings is 1. The molecule has 6 rings (SSSR count). The molecular formula is C30H51N5O3S. The summed E-state index contributed by atoms with van der Waals surface area (Å²) in [6.07, 6.45) is 9.82. The maximum atomic E-state index is 6.02. The van der Waals surface area contributed by atoms with Crippen LogP contribution in [-0.2, 0) is 4.74 Å². The molecule has 3 saturated heterocycles. The largest absolute Gasteiger partial charge is 0.412 e. The number of fused-ring (bicyclic) bond motifs is 3. The van der Waals surface area contributed by atoms with Gasteiger partial charge in [-0.25, -0.2) is 4.98 Å². The molecule has 8 nitrogen and oxygen atoms in total. The molecule has 2 aromatic carbocycles. The molecule has 0 amide bonds. The van der Waals surface area contributed by atoms with E-state index in [1.807, 2.05) is 31.2 Å². The summed E-state index contributed by atoms with van der Waals surface area (Å²) < 4.78 is 5.01. The van der Waals surface area contributed by atoms with Crippen LogP contribution in [0.5, 0.6) is 0 Å². The molecule has 1 atom stereocenters. The van der Waals surface area contributed by atoms with E-state index in [2.05, 4.69) is 50.5 Å². The Labute approximate surface area is 241 Å². The molecule has 220 valence electrons. The lowest BCUT2D eigenvalue weighted by Crippen LogP contribution is -2.50. The minimum absolute atomic E-state index is 0. The van der Waals surface area contributed by atoms with Crippen molar-refractivity contribution in [1.29, 1.82) is 0 Å². The number of nitrogens with one attached hydrogen (secondary N) is 2. The lowest BCUT2D eigenvalue weighted by Gasteiger charge is -2.46. The zero-order chi connectivity index (χ0) is 25.0. The lowest BCUT2D eigenvalue weighted by molar-refractivity contribution is 0.0381. The van der Waals surface area contributed by atoms with Gasteiger partial charge in [-0.3, -0.25) is 4.90 Å². The topological polar surface area (TPSA) is 142 Å². The molecule has 4 heterocycles. The number of morpholine rings is 1. The first kappa shape index (κ1) is 35.0. The fourth-order valence-electron chi connectivity index (χ4n) is 5.84. The molecule has 0 spiro atoms. The summed E-state index contributed by atoms with van der Waals surface area (Å²) in [4.78, 5) is 10.2. The highest BCUT2D eigenvalue weighted by Crippen LogP contribution is 2.34. The van der Waals surface area contributed by atoms with Gasteiger partial charge in [-0.15, -0.1) is 0 Å². The second kappa shape index (κ2) is 19.2. The number of piperidine rings is 2. The van der Waals surface area contributed by atoms with Crippen LogP contribution in [0.4, 0.5) is 0 Å². The van der Waals surface area contributed by atoms with E-state index in [1.54, 1.807) is 0 Å². The Hall–Kier alpha value is -1.98. The van der Waals surface area contributed by atoms with Gasteiger partial charge in [0.15, 0.2) is 0 Å². The van der Waals surface area contributed by atoms with Gasteiger partial charge < -0.3 is 31.7 Å². The van der Waals surface area contributed by atoms with Gasteiger partial charge in [-0.2, -0.15) is 13.5 Å². The van der Waals surface area contributed by atoms with Crippen LogP contribution in [0.1, 0.15) is 62.3 Å². The highest BCUT2D eigenvalue weighted by Gasteiger charge is 2.33. The van der Waals surface area contributed by atoms with Crippen molar-refractivity contribution in [1.82, 2.24) is 20.2 Å². The van der Waals surface area contributed by atoms with Gasteiger partial charge in [0, 0.05) is 25.2 Å².